The van der Waals surface area contributed by atoms with Crippen LogP contribution in [0.3, 0.4) is 0 Å². The Bertz CT molecular complexity index is 508. The van der Waals surface area contributed by atoms with E-state index >= 15 is 0 Å². The maximum atomic E-state index is 5.89. The van der Waals surface area contributed by atoms with Gasteiger partial charge in [0.1, 0.15) is 0 Å². The first-order valence-electron chi connectivity index (χ1n) is 6.36. The van der Waals surface area contributed by atoms with Gasteiger partial charge >= 0.3 is 0 Å². The molecule has 1 aromatic heterocycles. The van der Waals surface area contributed by atoms with Gasteiger partial charge in [-0.2, -0.15) is 0 Å². The van der Waals surface area contributed by atoms with E-state index in [4.69, 9.17) is 5.73 Å². The number of rotatable bonds is 5. The number of nitrogens with zero attached hydrogens (tertiary/aromatic N) is 1. The fraction of sp³-hybridized carbons (Fsp3) is 0.267. The largest absolute Gasteiger partial charge is 0.396 e. The highest BCUT2D eigenvalue weighted by Gasteiger charge is 2.07. The summed E-state index contributed by atoms with van der Waals surface area (Å²) in [6, 6.07) is 10.5. The molecule has 4 heteroatoms. The van der Waals surface area contributed by atoms with Crippen LogP contribution in [-0.2, 0) is 0 Å². The summed E-state index contributed by atoms with van der Waals surface area (Å²) in [6.07, 6.45) is 4.46. The Balaban J connectivity index is 1.90. The molecule has 2 rings (SSSR count). The van der Waals surface area contributed by atoms with Gasteiger partial charge in [0.25, 0.3) is 0 Å². The van der Waals surface area contributed by atoms with Gasteiger partial charge in [0.15, 0.2) is 0 Å². The molecule has 0 spiro atoms. The predicted molar refractivity (Wildman–Crippen MR) is 84.3 cm³/mol. The summed E-state index contributed by atoms with van der Waals surface area (Å²) < 4.78 is 0.903. The van der Waals surface area contributed by atoms with E-state index < -0.39 is 0 Å². The molecule has 1 unspecified atom stereocenters. The third-order valence-electron chi connectivity index (χ3n) is 3.18. The topological polar surface area (TPSA) is 50.9 Å². The molecule has 1 aromatic carbocycles. The second-order valence-corrected chi connectivity index (χ2v) is 5.47. The standard InChI is InChI=1S/C15H18BrN3/c1-11(12-5-3-2-4-6-12)7-8-19-15-13(16)9-18-10-14(15)17/h2-6,9-11H,7-8,17H2,1H3,(H,18,19). The first kappa shape index (κ1) is 13.9. The summed E-state index contributed by atoms with van der Waals surface area (Å²) >= 11 is 3.45. The van der Waals surface area contributed by atoms with Crippen molar-refractivity contribution >= 4 is 27.3 Å². The van der Waals surface area contributed by atoms with E-state index in [1.807, 2.05) is 6.07 Å². The summed E-state index contributed by atoms with van der Waals surface area (Å²) in [5.41, 5.74) is 8.86. The third-order valence-corrected chi connectivity index (χ3v) is 3.78. The minimum absolute atomic E-state index is 0.524. The van der Waals surface area contributed by atoms with E-state index in [-0.39, 0.29) is 0 Å². The summed E-state index contributed by atoms with van der Waals surface area (Å²) in [5.74, 6) is 0.524. The lowest BCUT2D eigenvalue weighted by molar-refractivity contribution is 0.706. The molecule has 2 aromatic rings. The molecule has 1 heterocycles. The molecule has 0 fully saturated rings. The summed E-state index contributed by atoms with van der Waals surface area (Å²) in [4.78, 5) is 4.02. The SMILES string of the molecule is CC(CCNc1c(N)cncc1Br)c1ccccc1. The molecule has 0 amide bonds. The van der Waals surface area contributed by atoms with Crippen molar-refractivity contribution in [3.05, 3.63) is 52.8 Å². The first-order chi connectivity index (χ1) is 9.18. The van der Waals surface area contributed by atoms with Crippen molar-refractivity contribution in [2.45, 2.75) is 19.3 Å². The van der Waals surface area contributed by atoms with Crippen molar-refractivity contribution in [3.63, 3.8) is 0 Å². The van der Waals surface area contributed by atoms with Crippen molar-refractivity contribution in [2.75, 3.05) is 17.6 Å². The lowest BCUT2D eigenvalue weighted by atomic mass is 9.98. The van der Waals surface area contributed by atoms with Crippen molar-refractivity contribution in [1.82, 2.24) is 4.98 Å². The number of anilines is 2. The smallest absolute Gasteiger partial charge is 0.0750 e. The van der Waals surface area contributed by atoms with E-state index in [2.05, 4.69) is 57.4 Å². The number of hydrogen-bond acceptors (Lipinski definition) is 3. The van der Waals surface area contributed by atoms with Crippen LogP contribution in [0.2, 0.25) is 0 Å². The molecule has 0 bridgehead atoms. The van der Waals surface area contributed by atoms with Gasteiger partial charge in [0.2, 0.25) is 0 Å². The van der Waals surface area contributed by atoms with Crippen LogP contribution < -0.4 is 11.1 Å². The molecule has 0 aliphatic heterocycles. The fourth-order valence-corrected chi connectivity index (χ4v) is 2.49. The lowest BCUT2D eigenvalue weighted by Gasteiger charge is -2.14. The van der Waals surface area contributed by atoms with Crippen molar-refractivity contribution in [2.24, 2.45) is 0 Å². The van der Waals surface area contributed by atoms with E-state index in [0.717, 1.165) is 23.1 Å². The zero-order valence-electron chi connectivity index (χ0n) is 10.9. The number of nitrogens with two attached hydrogens (primary N) is 1. The van der Waals surface area contributed by atoms with Gasteiger partial charge in [-0.05, 0) is 33.8 Å². The Morgan fingerprint density at radius 3 is 2.68 bits per heavy atom. The number of halogens is 1. The highest BCUT2D eigenvalue weighted by Crippen LogP contribution is 2.27. The molecule has 1 atom stereocenters. The van der Waals surface area contributed by atoms with Crippen molar-refractivity contribution in [3.8, 4) is 0 Å². The van der Waals surface area contributed by atoms with Gasteiger partial charge in [0, 0.05) is 12.7 Å². The van der Waals surface area contributed by atoms with Gasteiger partial charge < -0.3 is 11.1 Å². The zero-order chi connectivity index (χ0) is 13.7. The second kappa shape index (κ2) is 6.57. The zero-order valence-corrected chi connectivity index (χ0v) is 12.5. The Kier molecular flexibility index (Phi) is 4.80. The van der Waals surface area contributed by atoms with Crippen LogP contribution >= 0.6 is 15.9 Å². The van der Waals surface area contributed by atoms with Crippen LogP contribution in [0.1, 0.15) is 24.8 Å². The molecule has 3 N–H and O–H groups in total. The monoisotopic (exact) mass is 319 g/mol. The van der Waals surface area contributed by atoms with Gasteiger partial charge in [0.05, 0.1) is 22.0 Å². The lowest BCUT2D eigenvalue weighted by Crippen LogP contribution is -2.08. The number of hydrogen-bond donors (Lipinski definition) is 2. The predicted octanol–water partition coefficient (Wildman–Crippen LogP) is 4.03. The highest BCUT2D eigenvalue weighted by atomic mass is 79.9. The summed E-state index contributed by atoms with van der Waals surface area (Å²) in [5, 5.41) is 3.37. The van der Waals surface area contributed by atoms with Crippen LogP contribution in [-0.4, -0.2) is 11.5 Å². The first-order valence-corrected chi connectivity index (χ1v) is 7.15. The minimum atomic E-state index is 0.524. The Morgan fingerprint density at radius 1 is 1.26 bits per heavy atom. The molecule has 100 valence electrons. The van der Waals surface area contributed by atoms with Gasteiger partial charge in [-0.3, -0.25) is 4.98 Å². The molecule has 0 saturated heterocycles. The number of pyridine rings is 1. The summed E-state index contributed by atoms with van der Waals surface area (Å²) in [6.45, 7) is 3.12. The molecule has 3 nitrogen and oxygen atoms in total. The van der Waals surface area contributed by atoms with Gasteiger partial charge in [-0.25, -0.2) is 0 Å². The Labute approximate surface area is 122 Å². The second-order valence-electron chi connectivity index (χ2n) is 4.61. The maximum Gasteiger partial charge on any atom is 0.0750 e. The van der Waals surface area contributed by atoms with E-state index in [1.54, 1.807) is 12.4 Å². The van der Waals surface area contributed by atoms with Crippen molar-refractivity contribution < 1.29 is 0 Å². The minimum Gasteiger partial charge on any atom is -0.396 e. The molecule has 0 aliphatic carbocycles. The number of aromatic nitrogens is 1. The molecule has 19 heavy (non-hydrogen) atoms. The number of nitrogens with one attached hydrogen (secondary N) is 1. The number of benzene rings is 1. The maximum absolute atomic E-state index is 5.89. The van der Waals surface area contributed by atoms with Gasteiger partial charge in [-0.1, -0.05) is 37.3 Å². The molecule has 0 saturated carbocycles. The van der Waals surface area contributed by atoms with Crippen LogP contribution in [0.5, 0.6) is 0 Å². The number of nitrogen functional groups attached to an aromatic ring is 1. The average molecular weight is 320 g/mol. The van der Waals surface area contributed by atoms with Crippen LogP contribution in [0, 0.1) is 0 Å². The van der Waals surface area contributed by atoms with Gasteiger partial charge in [-0.15, -0.1) is 0 Å². The van der Waals surface area contributed by atoms with Crippen molar-refractivity contribution in [1.29, 1.82) is 0 Å². The molecule has 0 radical (unpaired) electrons. The Hall–Kier alpha value is -1.55. The van der Waals surface area contributed by atoms with E-state index in [1.165, 1.54) is 5.56 Å². The average Bonchev–Trinajstić information content (AvgIpc) is 2.43. The van der Waals surface area contributed by atoms with Crippen LogP contribution in [0.25, 0.3) is 0 Å². The molecule has 0 aliphatic rings. The summed E-state index contributed by atoms with van der Waals surface area (Å²) in [7, 11) is 0. The Morgan fingerprint density at radius 2 is 2.00 bits per heavy atom. The van der Waals surface area contributed by atoms with E-state index in [9.17, 15) is 0 Å². The quantitative estimate of drug-likeness (QED) is 0.874. The normalized spacial score (nSPS) is 12.1. The van der Waals surface area contributed by atoms with Crippen LogP contribution in [0.4, 0.5) is 11.4 Å². The third kappa shape index (κ3) is 3.70. The van der Waals surface area contributed by atoms with E-state index in [0.29, 0.717) is 11.6 Å². The molecular weight excluding hydrogens is 302 g/mol. The van der Waals surface area contributed by atoms with Crippen LogP contribution in [0.15, 0.2) is 47.2 Å². The fourth-order valence-electron chi connectivity index (χ4n) is 2.00. The highest BCUT2D eigenvalue weighted by molar-refractivity contribution is 9.10. The molecular formula is C15H18BrN3.